The Kier molecular flexibility index (Phi) is 5.33. The predicted molar refractivity (Wildman–Crippen MR) is 118 cm³/mol. The van der Waals surface area contributed by atoms with Crippen molar-refractivity contribution in [2.24, 2.45) is 0 Å². The van der Waals surface area contributed by atoms with Gasteiger partial charge in [0, 0.05) is 11.6 Å². The van der Waals surface area contributed by atoms with Gasteiger partial charge in [0.1, 0.15) is 18.0 Å². The third-order valence-corrected chi connectivity index (χ3v) is 4.59. The molecule has 7 heteroatoms. The molecule has 0 aliphatic heterocycles. The second-order valence-electron chi connectivity index (χ2n) is 8.13. The summed E-state index contributed by atoms with van der Waals surface area (Å²) >= 11 is 0. The van der Waals surface area contributed by atoms with Crippen molar-refractivity contribution in [3.05, 3.63) is 83.0 Å². The zero-order valence-electron chi connectivity index (χ0n) is 17.6. The van der Waals surface area contributed by atoms with Crippen LogP contribution in [0.4, 0.5) is 4.79 Å². The molecule has 0 fully saturated rings. The predicted octanol–water partition coefficient (Wildman–Crippen LogP) is 4.75. The maximum atomic E-state index is 13.0. The van der Waals surface area contributed by atoms with Gasteiger partial charge in [0.05, 0.1) is 23.1 Å². The molecular formula is C24H23N3O4. The Hall–Kier alpha value is -3.87. The van der Waals surface area contributed by atoms with E-state index in [1.165, 1.54) is 17.1 Å². The van der Waals surface area contributed by atoms with Crippen molar-refractivity contribution in [3.63, 3.8) is 0 Å². The van der Waals surface area contributed by atoms with Crippen LogP contribution in [0.2, 0.25) is 0 Å². The van der Waals surface area contributed by atoms with E-state index in [1.807, 2.05) is 36.4 Å². The SMILES string of the molecule is CC(C)(C)OC(=O)n1c(-c2cnc[nH]c2=O)cc2cc(OCc3ccccc3)ccc21. The summed E-state index contributed by atoms with van der Waals surface area (Å²) < 4.78 is 12.9. The molecule has 0 saturated carbocycles. The van der Waals surface area contributed by atoms with E-state index in [9.17, 15) is 9.59 Å². The molecule has 0 unspecified atom stereocenters. The average Bonchev–Trinajstić information content (AvgIpc) is 3.11. The Labute approximate surface area is 179 Å². The van der Waals surface area contributed by atoms with Gasteiger partial charge in [0.25, 0.3) is 5.56 Å². The van der Waals surface area contributed by atoms with Gasteiger partial charge in [-0.05, 0) is 50.6 Å². The molecule has 1 N–H and O–H groups in total. The zero-order valence-corrected chi connectivity index (χ0v) is 17.6. The van der Waals surface area contributed by atoms with E-state index in [1.54, 1.807) is 39.0 Å². The van der Waals surface area contributed by atoms with Crippen molar-refractivity contribution in [1.29, 1.82) is 0 Å². The fourth-order valence-electron chi connectivity index (χ4n) is 3.25. The summed E-state index contributed by atoms with van der Waals surface area (Å²) in [5, 5.41) is 0.745. The van der Waals surface area contributed by atoms with Gasteiger partial charge in [0.15, 0.2) is 0 Å². The highest BCUT2D eigenvalue weighted by Crippen LogP contribution is 2.30. The van der Waals surface area contributed by atoms with Gasteiger partial charge in [-0.2, -0.15) is 0 Å². The highest BCUT2D eigenvalue weighted by molar-refractivity contribution is 5.96. The third kappa shape index (κ3) is 4.50. The maximum absolute atomic E-state index is 13.0. The minimum atomic E-state index is -0.689. The fraction of sp³-hybridized carbons (Fsp3) is 0.208. The molecule has 158 valence electrons. The lowest BCUT2D eigenvalue weighted by molar-refractivity contribution is 0.0547. The fourth-order valence-corrected chi connectivity index (χ4v) is 3.25. The molecular weight excluding hydrogens is 394 g/mol. The normalized spacial score (nSPS) is 11.5. The van der Waals surface area contributed by atoms with E-state index >= 15 is 0 Å². The highest BCUT2D eigenvalue weighted by atomic mass is 16.6. The Balaban J connectivity index is 1.77. The van der Waals surface area contributed by atoms with Crippen molar-refractivity contribution in [2.45, 2.75) is 33.0 Å². The van der Waals surface area contributed by atoms with E-state index in [-0.39, 0.29) is 11.1 Å². The van der Waals surface area contributed by atoms with Crippen molar-refractivity contribution >= 4 is 17.0 Å². The quantitative estimate of drug-likeness (QED) is 0.518. The van der Waals surface area contributed by atoms with Crippen LogP contribution in [0.5, 0.6) is 5.75 Å². The summed E-state index contributed by atoms with van der Waals surface area (Å²) in [6.45, 7) is 5.81. The van der Waals surface area contributed by atoms with Crippen molar-refractivity contribution in [2.75, 3.05) is 0 Å². The van der Waals surface area contributed by atoms with Crippen LogP contribution in [-0.2, 0) is 11.3 Å². The van der Waals surface area contributed by atoms with Gasteiger partial charge in [-0.15, -0.1) is 0 Å². The standard InChI is InChI=1S/C24H23N3O4/c1-24(2,3)31-23(29)27-20-10-9-18(30-14-16-7-5-4-6-8-16)11-17(20)12-21(27)19-13-25-15-26-22(19)28/h4-13,15H,14H2,1-3H3,(H,25,26,28). The number of rotatable bonds is 4. The second kappa shape index (κ2) is 8.10. The molecule has 4 aromatic rings. The molecule has 31 heavy (non-hydrogen) atoms. The van der Waals surface area contributed by atoms with Crippen LogP contribution in [0.1, 0.15) is 26.3 Å². The molecule has 4 rings (SSSR count). The summed E-state index contributed by atoms with van der Waals surface area (Å²) in [4.78, 5) is 32.0. The Morgan fingerprint density at radius 2 is 1.87 bits per heavy atom. The molecule has 2 aromatic carbocycles. The van der Waals surface area contributed by atoms with E-state index in [2.05, 4.69) is 9.97 Å². The summed E-state index contributed by atoms with van der Waals surface area (Å²) in [7, 11) is 0. The number of aromatic nitrogens is 3. The first kappa shape index (κ1) is 20.4. The minimum absolute atomic E-state index is 0.274. The molecule has 0 spiro atoms. The van der Waals surface area contributed by atoms with Crippen LogP contribution < -0.4 is 10.3 Å². The smallest absolute Gasteiger partial charge is 0.419 e. The number of benzene rings is 2. The van der Waals surface area contributed by atoms with E-state index in [0.29, 0.717) is 23.6 Å². The van der Waals surface area contributed by atoms with E-state index in [4.69, 9.17) is 9.47 Å². The van der Waals surface area contributed by atoms with Crippen LogP contribution >= 0.6 is 0 Å². The van der Waals surface area contributed by atoms with Crippen LogP contribution in [0.3, 0.4) is 0 Å². The van der Waals surface area contributed by atoms with Crippen LogP contribution in [-0.4, -0.2) is 26.2 Å². The van der Waals surface area contributed by atoms with Crippen LogP contribution in [0.15, 0.2) is 71.9 Å². The van der Waals surface area contributed by atoms with Crippen molar-refractivity contribution < 1.29 is 14.3 Å². The molecule has 0 aliphatic carbocycles. The van der Waals surface area contributed by atoms with Gasteiger partial charge < -0.3 is 14.5 Å². The maximum Gasteiger partial charge on any atom is 0.419 e. The van der Waals surface area contributed by atoms with Gasteiger partial charge in [0.2, 0.25) is 0 Å². The van der Waals surface area contributed by atoms with Gasteiger partial charge in [-0.25, -0.2) is 14.3 Å². The number of H-pyrrole nitrogens is 1. The largest absolute Gasteiger partial charge is 0.489 e. The molecule has 7 nitrogen and oxygen atoms in total. The molecule has 0 amide bonds. The number of ether oxygens (including phenoxy) is 2. The monoisotopic (exact) mass is 417 g/mol. The number of hydrogen-bond acceptors (Lipinski definition) is 5. The molecule has 2 heterocycles. The number of carbonyl (C=O) groups is 1. The highest BCUT2D eigenvalue weighted by Gasteiger charge is 2.24. The number of nitrogens with zero attached hydrogens (tertiary/aromatic N) is 2. The van der Waals surface area contributed by atoms with Crippen LogP contribution in [0.25, 0.3) is 22.2 Å². The first-order valence-electron chi connectivity index (χ1n) is 9.90. The molecule has 0 saturated heterocycles. The Morgan fingerprint density at radius 3 is 2.58 bits per heavy atom. The number of hydrogen-bond donors (Lipinski definition) is 1. The van der Waals surface area contributed by atoms with E-state index < -0.39 is 11.7 Å². The lowest BCUT2D eigenvalue weighted by atomic mass is 10.2. The summed E-state index contributed by atoms with van der Waals surface area (Å²) in [5.74, 6) is 0.657. The first-order valence-corrected chi connectivity index (χ1v) is 9.90. The van der Waals surface area contributed by atoms with E-state index in [0.717, 1.165) is 10.9 Å². The minimum Gasteiger partial charge on any atom is -0.489 e. The zero-order chi connectivity index (χ0) is 22.0. The number of fused-ring (bicyclic) bond motifs is 1. The van der Waals surface area contributed by atoms with Gasteiger partial charge in [-0.3, -0.25) is 4.79 Å². The number of aromatic amines is 1. The topological polar surface area (TPSA) is 86.2 Å². The van der Waals surface area contributed by atoms with Crippen molar-refractivity contribution in [1.82, 2.24) is 14.5 Å². The van der Waals surface area contributed by atoms with Crippen molar-refractivity contribution in [3.8, 4) is 17.0 Å². The van der Waals surface area contributed by atoms with Gasteiger partial charge >= 0.3 is 6.09 Å². The summed E-state index contributed by atoms with van der Waals surface area (Å²) in [6, 6.07) is 17.0. The Bertz CT molecular complexity index is 1280. The first-order chi connectivity index (χ1) is 14.8. The lowest BCUT2D eigenvalue weighted by Gasteiger charge is -2.21. The second-order valence-corrected chi connectivity index (χ2v) is 8.13. The molecule has 0 aliphatic rings. The van der Waals surface area contributed by atoms with Crippen LogP contribution in [0, 0.1) is 0 Å². The summed E-state index contributed by atoms with van der Waals surface area (Å²) in [6.07, 6.45) is 2.17. The molecule has 0 radical (unpaired) electrons. The third-order valence-electron chi connectivity index (χ3n) is 4.59. The summed E-state index contributed by atoms with van der Waals surface area (Å²) in [5.41, 5.74) is 1.31. The molecule has 2 aromatic heterocycles. The lowest BCUT2D eigenvalue weighted by Crippen LogP contribution is -2.28. The molecule has 0 bridgehead atoms. The average molecular weight is 417 g/mol. The number of nitrogens with one attached hydrogen (secondary N) is 1. The van der Waals surface area contributed by atoms with Gasteiger partial charge in [-0.1, -0.05) is 30.3 Å². The molecule has 0 atom stereocenters. The Morgan fingerprint density at radius 1 is 1.10 bits per heavy atom. The number of carbonyl (C=O) groups excluding carboxylic acids is 1.